The number of hydrogen-bond donors (Lipinski definition) is 2. The Labute approximate surface area is 204 Å². The van der Waals surface area contributed by atoms with Crippen molar-refractivity contribution in [3.05, 3.63) is 65.1 Å². The van der Waals surface area contributed by atoms with Crippen molar-refractivity contribution in [3.8, 4) is 22.5 Å². The van der Waals surface area contributed by atoms with Crippen LogP contribution in [-0.2, 0) is 16.0 Å². The van der Waals surface area contributed by atoms with Crippen LogP contribution in [0.1, 0.15) is 39.7 Å². The van der Waals surface area contributed by atoms with Gasteiger partial charge in [0, 0.05) is 29.8 Å². The monoisotopic (exact) mass is 478 g/mol. The van der Waals surface area contributed by atoms with E-state index in [1.807, 2.05) is 35.3 Å². The first-order chi connectivity index (χ1) is 16.9. The maximum atomic E-state index is 15.5. The molecule has 0 amide bonds. The molecule has 0 spiro atoms. The third-order valence-corrected chi connectivity index (χ3v) is 6.06. The average Bonchev–Trinajstić information content (AvgIpc) is 3.49. The Morgan fingerprint density at radius 2 is 1.91 bits per heavy atom. The van der Waals surface area contributed by atoms with E-state index in [0.29, 0.717) is 41.1 Å². The predicted octanol–water partition coefficient (Wildman–Crippen LogP) is 4.29. The predicted molar refractivity (Wildman–Crippen MR) is 131 cm³/mol. The van der Waals surface area contributed by atoms with Gasteiger partial charge in [-0.25, -0.2) is 14.6 Å². The van der Waals surface area contributed by atoms with Crippen LogP contribution in [0.4, 0.5) is 4.39 Å². The first-order valence-corrected chi connectivity index (χ1v) is 12.0. The van der Waals surface area contributed by atoms with Crippen molar-refractivity contribution < 1.29 is 13.9 Å². The average molecular weight is 479 g/mol. The highest BCUT2D eigenvalue weighted by molar-refractivity contribution is 5.91. The molecule has 9 heteroatoms. The zero-order valence-corrected chi connectivity index (χ0v) is 20.5. The van der Waals surface area contributed by atoms with Crippen LogP contribution in [0.5, 0.6) is 0 Å². The fourth-order valence-corrected chi connectivity index (χ4v) is 4.45. The Kier molecular flexibility index (Phi) is 7.55. The zero-order valence-electron chi connectivity index (χ0n) is 20.5. The largest absolute Gasteiger partial charge is 0.463 e. The van der Waals surface area contributed by atoms with Gasteiger partial charge in [0.2, 0.25) is 5.82 Å². The number of H-pyrrole nitrogens is 1. The fourth-order valence-electron chi connectivity index (χ4n) is 4.45. The standard InChI is InChI=1S/C26H31FN6O2/c1-5-13-33-22(23(26(34)35-6-2)24(30-33)16(3)4)15-17-11-12-19(21(27)14-17)18-9-7-8-10-20(18)25-28-31-32-29-25/h7-12,14,16,24,30H,5-6,13,15H2,1-4H3,(H,28,29,31,32). The Balaban J connectivity index is 1.71. The molecule has 0 radical (unpaired) electrons. The number of benzene rings is 2. The molecule has 0 aliphatic carbocycles. The van der Waals surface area contributed by atoms with Gasteiger partial charge in [-0.15, -0.1) is 10.2 Å². The lowest BCUT2D eigenvalue weighted by Gasteiger charge is -2.24. The van der Waals surface area contributed by atoms with Crippen molar-refractivity contribution in [1.29, 1.82) is 0 Å². The van der Waals surface area contributed by atoms with E-state index in [2.05, 4.69) is 46.8 Å². The molecule has 184 valence electrons. The van der Waals surface area contributed by atoms with Gasteiger partial charge >= 0.3 is 5.97 Å². The van der Waals surface area contributed by atoms with E-state index >= 15 is 4.39 Å². The second-order valence-electron chi connectivity index (χ2n) is 8.86. The summed E-state index contributed by atoms with van der Waals surface area (Å²) in [4.78, 5) is 12.9. The molecule has 4 rings (SSSR count). The molecule has 2 N–H and O–H groups in total. The lowest BCUT2D eigenvalue weighted by atomic mass is 9.93. The topological polar surface area (TPSA) is 96.0 Å². The van der Waals surface area contributed by atoms with Gasteiger partial charge in [0.1, 0.15) is 5.82 Å². The quantitative estimate of drug-likeness (QED) is 0.443. The van der Waals surface area contributed by atoms with Crippen molar-refractivity contribution >= 4 is 5.97 Å². The highest BCUT2D eigenvalue weighted by atomic mass is 19.1. The molecular weight excluding hydrogens is 447 g/mol. The van der Waals surface area contributed by atoms with E-state index in [9.17, 15) is 4.79 Å². The molecule has 0 bridgehead atoms. The molecule has 1 unspecified atom stereocenters. The van der Waals surface area contributed by atoms with E-state index in [0.717, 1.165) is 24.2 Å². The summed E-state index contributed by atoms with van der Waals surface area (Å²) in [5, 5.41) is 16.2. The zero-order chi connectivity index (χ0) is 24.9. The molecule has 8 nitrogen and oxygen atoms in total. The van der Waals surface area contributed by atoms with Gasteiger partial charge in [-0.05, 0) is 41.7 Å². The molecule has 1 aliphatic heterocycles. The first kappa shape index (κ1) is 24.5. The van der Waals surface area contributed by atoms with Gasteiger partial charge in [0.25, 0.3) is 0 Å². The normalized spacial score (nSPS) is 15.8. The van der Waals surface area contributed by atoms with Crippen LogP contribution in [-0.4, -0.2) is 50.8 Å². The minimum Gasteiger partial charge on any atom is -0.463 e. The second kappa shape index (κ2) is 10.8. The fraction of sp³-hybridized carbons (Fsp3) is 0.385. The number of hydrogen-bond acceptors (Lipinski definition) is 7. The Bertz CT molecular complexity index is 1210. The molecule has 0 saturated carbocycles. The summed E-state index contributed by atoms with van der Waals surface area (Å²) in [6.07, 6.45) is 1.31. The SMILES string of the molecule is CCCN1NC(C(C)C)C(C(=O)OCC)=C1Cc1ccc(-c2ccccc2-c2nn[nH]n2)c(F)c1. The third-order valence-electron chi connectivity index (χ3n) is 6.06. The number of aromatic nitrogens is 4. The van der Waals surface area contributed by atoms with Gasteiger partial charge in [0.15, 0.2) is 0 Å². The first-order valence-electron chi connectivity index (χ1n) is 12.0. The molecule has 1 atom stereocenters. The number of tetrazole rings is 1. The number of allylic oxidation sites excluding steroid dienone is 1. The summed E-state index contributed by atoms with van der Waals surface area (Å²) in [5.74, 6) is -0.0872. The number of carbonyl (C=O) groups excluding carboxylic acids is 1. The molecule has 2 heterocycles. The molecule has 35 heavy (non-hydrogen) atoms. The van der Waals surface area contributed by atoms with E-state index in [-0.39, 0.29) is 23.7 Å². The molecule has 1 aliphatic rings. The van der Waals surface area contributed by atoms with Crippen molar-refractivity contribution in [2.24, 2.45) is 5.92 Å². The highest BCUT2D eigenvalue weighted by Gasteiger charge is 2.37. The lowest BCUT2D eigenvalue weighted by Crippen LogP contribution is -2.41. The van der Waals surface area contributed by atoms with E-state index < -0.39 is 0 Å². The maximum absolute atomic E-state index is 15.5. The number of rotatable bonds is 9. The molecular formula is C26H31FN6O2. The summed E-state index contributed by atoms with van der Waals surface area (Å²) in [5.41, 5.74) is 7.52. The van der Waals surface area contributed by atoms with E-state index in [1.54, 1.807) is 13.0 Å². The summed E-state index contributed by atoms with van der Waals surface area (Å²) >= 11 is 0. The van der Waals surface area contributed by atoms with Crippen LogP contribution < -0.4 is 5.43 Å². The number of nitrogens with one attached hydrogen (secondary N) is 2. The minimum absolute atomic E-state index is 0.151. The van der Waals surface area contributed by atoms with Crippen LogP contribution >= 0.6 is 0 Å². The lowest BCUT2D eigenvalue weighted by molar-refractivity contribution is -0.139. The highest BCUT2D eigenvalue weighted by Crippen LogP contribution is 2.34. The number of aromatic amines is 1. The molecule has 0 fully saturated rings. The van der Waals surface area contributed by atoms with Gasteiger partial charge in [-0.1, -0.05) is 57.2 Å². The van der Waals surface area contributed by atoms with Crippen molar-refractivity contribution in [3.63, 3.8) is 0 Å². The second-order valence-corrected chi connectivity index (χ2v) is 8.86. The Morgan fingerprint density at radius 3 is 2.54 bits per heavy atom. The summed E-state index contributed by atoms with van der Waals surface area (Å²) in [6, 6.07) is 12.4. The van der Waals surface area contributed by atoms with Crippen molar-refractivity contribution in [2.45, 2.75) is 46.6 Å². The van der Waals surface area contributed by atoms with Crippen LogP contribution in [0.15, 0.2) is 53.7 Å². The van der Waals surface area contributed by atoms with Crippen LogP contribution in [0.3, 0.4) is 0 Å². The van der Waals surface area contributed by atoms with Crippen LogP contribution in [0, 0.1) is 11.7 Å². The minimum atomic E-state index is -0.356. The number of nitrogens with zero attached hydrogens (tertiary/aromatic N) is 4. The summed E-state index contributed by atoms with van der Waals surface area (Å²) < 4.78 is 20.8. The number of esters is 1. The molecule has 1 aromatic heterocycles. The van der Waals surface area contributed by atoms with Gasteiger partial charge in [-0.2, -0.15) is 5.21 Å². The van der Waals surface area contributed by atoms with Gasteiger partial charge < -0.3 is 9.75 Å². The summed E-state index contributed by atoms with van der Waals surface area (Å²) in [6.45, 7) is 9.06. The van der Waals surface area contributed by atoms with E-state index in [1.165, 1.54) is 6.07 Å². The summed E-state index contributed by atoms with van der Waals surface area (Å²) in [7, 11) is 0. The smallest absolute Gasteiger partial charge is 0.337 e. The molecule has 2 aromatic carbocycles. The van der Waals surface area contributed by atoms with Crippen molar-refractivity contribution in [2.75, 3.05) is 13.2 Å². The van der Waals surface area contributed by atoms with Gasteiger partial charge in [0.05, 0.1) is 18.2 Å². The Morgan fingerprint density at radius 1 is 1.14 bits per heavy atom. The molecule has 3 aromatic rings. The van der Waals surface area contributed by atoms with Crippen LogP contribution in [0.25, 0.3) is 22.5 Å². The van der Waals surface area contributed by atoms with Gasteiger partial charge in [-0.3, -0.25) is 0 Å². The third kappa shape index (κ3) is 5.09. The maximum Gasteiger partial charge on any atom is 0.337 e. The van der Waals surface area contributed by atoms with Crippen LogP contribution in [0.2, 0.25) is 0 Å². The Hall–Kier alpha value is -3.59. The molecule has 0 saturated heterocycles. The van der Waals surface area contributed by atoms with Crippen molar-refractivity contribution in [1.82, 2.24) is 31.1 Å². The number of carbonyl (C=O) groups is 1. The number of ether oxygens (including phenoxy) is 1. The number of halogens is 1. The van der Waals surface area contributed by atoms with E-state index in [4.69, 9.17) is 4.74 Å². The number of hydrazine groups is 1.